The van der Waals surface area contributed by atoms with Crippen molar-refractivity contribution in [1.82, 2.24) is 0 Å². The van der Waals surface area contributed by atoms with Crippen molar-refractivity contribution in [3.63, 3.8) is 0 Å². The van der Waals surface area contributed by atoms with Gasteiger partial charge in [-0.2, -0.15) is 0 Å². The molecule has 0 saturated heterocycles. The Morgan fingerprint density at radius 2 is 2.22 bits per heavy atom. The van der Waals surface area contributed by atoms with E-state index in [9.17, 15) is 0 Å². The molecule has 1 unspecified atom stereocenters. The van der Waals surface area contributed by atoms with Crippen LogP contribution in [0.3, 0.4) is 0 Å². The van der Waals surface area contributed by atoms with Gasteiger partial charge >= 0.3 is 0 Å². The van der Waals surface area contributed by atoms with E-state index in [0.717, 1.165) is 30.8 Å². The van der Waals surface area contributed by atoms with Gasteiger partial charge in [-0.1, -0.05) is 13.8 Å². The van der Waals surface area contributed by atoms with E-state index in [4.69, 9.17) is 15.6 Å². The zero-order chi connectivity index (χ0) is 13.4. The van der Waals surface area contributed by atoms with Crippen LogP contribution in [0.25, 0.3) is 0 Å². The Kier molecular flexibility index (Phi) is 6.36. The zero-order valence-electron chi connectivity index (χ0n) is 11.3. The number of benzene rings is 1. The van der Waals surface area contributed by atoms with E-state index in [0.29, 0.717) is 18.2 Å². The van der Waals surface area contributed by atoms with Crippen molar-refractivity contribution in [2.75, 3.05) is 30.8 Å². The molecule has 0 saturated carbocycles. The predicted molar refractivity (Wildman–Crippen MR) is 76.0 cm³/mol. The molecule has 0 amide bonds. The number of rotatable bonds is 8. The maximum atomic E-state index is 8.85. The molecular formula is C14H24N2O2. The zero-order valence-corrected chi connectivity index (χ0v) is 11.3. The van der Waals surface area contributed by atoms with Crippen LogP contribution < -0.4 is 15.8 Å². The molecule has 0 fully saturated rings. The van der Waals surface area contributed by atoms with Gasteiger partial charge in [-0.05, 0) is 30.9 Å². The van der Waals surface area contributed by atoms with Crippen LogP contribution in [0, 0.1) is 5.92 Å². The van der Waals surface area contributed by atoms with Gasteiger partial charge in [-0.3, -0.25) is 0 Å². The van der Waals surface area contributed by atoms with Gasteiger partial charge in [0.25, 0.3) is 0 Å². The highest BCUT2D eigenvalue weighted by Gasteiger charge is 2.04. The van der Waals surface area contributed by atoms with Crippen molar-refractivity contribution in [1.29, 1.82) is 0 Å². The number of ether oxygens (including phenoxy) is 1. The number of nitrogens with two attached hydrogens (primary N) is 1. The second-order valence-electron chi connectivity index (χ2n) is 4.60. The molecule has 102 valence electrons. The van der Waals surface area contributed by atoms with Crippen molar-refractivity contribution in [3.8, 4) is 5.75 Å². The van der Waals surface area contributed by atoms with E-state index < -0.39 is 0 Å². The molecule has 0 spiro atoms. The monoisotopic (exact) mass is 252 g/mol. The number of aliphatic hydroxyl groups excluding tert-OH is 1. The van der Waals surface area contributed by atoms with Crippen LogP contribution in [-0.4, -0.2) is 24.9 Å². The van der Waals surface area contributed by atoms with E-state index in [2.05, 4.69) is 19.2 Å². The Morgan fingerprint density at radius 3 is 2.89 bits per heavy atom. The fourth-order valence-electron chi connectivity index (χ4n) is 1.60. The Labute approximate surface area is 109 Å². The van der Waals surface area contributed by atoms with Gasteiger partial charge < -0.3 is 20.9 Å². The van der Waals surface area contributed by atoms with Gasteiger partial charge in [0.05, 0.1) is 12.3 Å². The van der Waals surface area contributed by atoms with Gasteiger partial charge in [0, 0.05) is 24.9 Å². The lowest BCUT2D eigenvalue weighted by Gasteiger charge is -2.14. The molecule has 0 heterocycles. The molecule has 4 heteroatoms. The average molecular weight is 252 g/mol. The standard InChI is InChI=1S/C14H24N2O2/c1-3-8-18-14-9-12(4-5-13(14)15)16-10-11(2)6-7-17/h4-5,9,11,16-17H,3,6-8,10,15H2,1-2H3. The van der Waals surface area contributed by atoms with Crippen LogP contribution in [0.15, 0.2) is 18.2 Å². The van der Waals surface area contributed by atoms with Crippen LogP contribution >= 0.6 is 0 Å². The van der Waals surface area contributed by atoms with E-state index in [1.54, 1.807) is 0 Å². The molecule has 4 N–H and O–H groups in total. The second-order valence-corrected chi connectivity index (χ2v) is 4.60. The lowest BCUT2D eigenvalue weighted by atomic mass is 10.1. The molecule has 1 aromatic rings. The van der Waals surface area contributed by atoms with Gasteiger partial charge in [0.1, 0.15) is 5.75 Å². The SMILES string of the molecule is CCCOc1cc(NCC(C)CCO)ccc1N. The molecule has 1 aromatic carbocycles. The molecule has 0 aliphatic rings. The Bertz CT molecular complexity index is 356. The number of hydrogen-bond donors (Lipinski definition) is 3. The molecule has 0 aromatic heterocycles. The number of nitrogen functional groups attached to an aromatic ring is 1. The number of aliphatic hydroxyl groups is 1. The first-order chi connectivity index (χ1) is 8.67. The lowest BCUT2D eigenvalue weighted by molar-refractivity contribution is 0.266. The molecule has 0 aliphatic heterocycles. The van der Waals surface area contributed by atoms with Crippen LogP contribution in [-0.2, 0) is 0 Å². The Balaban J connectivity index is 2.55. The van der Waals surface area contributed by atoms with Crippen molar-refractivity contribution in [3.05, 3.63) is 18.2 Å². The number of nitrogens with one attached hydrogen (secondary N) is 1. The minimum atomic E-state index is 0.232. The Hall–Kier alpha value is -1.42. The van der Waals surface area contributed by atoms with Crippen molar-refractivity contribution < 1.29 is 9.84 Å². The predicted octanol–water partition coefficient (Wildman–Crippen LogP) is 2.49. The molecular weight excluding hydrogens is 228 g/mol. The molecule has 0 aliphatic carbocycles. The minimum Gasteiger partial charge on any atom is -0.491 e. The molecule has 0 bridgehead atoms. The third-order valence-electron chi connectivity index (χ3n) is 2.75. The summed E-state index contributed by atoms with van der Waals surface area (Å²) in [5.74, 6) is 1.17. The summed E-state index contributed by atoms with van der Waals surface area (Å²) in [4.78, 5) is 0. The summed E-state index contributed by atoms with van der Waals surface area (Å²) in [5.41, 5.74) is 7.51. The highest BCUT2D eigenvalue weighted by atomic mass is 16.5. The van der Waals surface area contributed by atoms with Crippen LogP contribution in [0.5, 0.6) is 5.75 Å². The lowest BCUT2D eigenvalue weighted by Crippen LogP contribution is -2.12. The molecule has 4 nitrogen and oxygen atoms in total. The normalized spacial score (nSPS) is 12.2. The smallest absolute Gasteiger partial charge is 0.144 e. The third-order valence-corrected chi connectivity index (χ3v) is 2.75. The van der Waals surface area contributed by atoms with Gasteiger partial charge in [0.2, 0.25) is 0 Å². The fourth-order valence-corrected chi connectivity index (χ4v) is 1.60. The summed E-state index contributed by atoms with van der Waals surface area (Å²) < 4.78 is 5.58. The van der Waals surface area contributed by atoms with Crippen molar-refractivity contribution in [2.24, 2.45) is 5.92 Å². The maximum absolute atomic E-state index is 8.85. The quantitative estimate of drug-likeness (QED) is 0.622. The van der Waals surface area contributed by atoms with Crippen molar-refractivity contribution >= 4 is 11.4 Å². The second kappa shape index (κ2) is 7.82. The van der Waals surface area contributed by atoms with E-state index in [1.807, 2.05) is 18.2 Å². The van der Waals surface area contributed by atoms with Crippen LogP contribution in [0.4, 0.5) is 11.4 Å². The van der Waals surface area contributed by atoms with Gasteiger partial charge in [-0.15, -0.1) is 0 Å². The topological polar surface area (TPSA) is 67.5 Å². The highest BCUT2D eigenvalue weighted by molar-refractivity contribution is 5.61. The van der Waals surface area contributed by atoms with E-state index in [1.165, 1.54) is 0 Å². The number of hydrogen-bond acceptors (Lipinski definition) is 4. The summed E-state index contributed by atoms with van der Waals surface area (Å²) in [5, 5.41) is 12.2. The highest BCUT2D eigenvalue weighted by Crippen LogP contribution is 2.25. The summed E-state index contributed by atoms with van der Waals surface area (Å²) in [6.07, 6.45) is 1.77. The van der Waals surface area contributed by atoms with Crippen LogP contribution in [0.2, 0.25) is 0 Å². The summed E-state index contributed by atoms with van der Waals surface area (Å²) >= 11 is 0. The molecule has 1 atom stereocenters. The van der Waals surface area contributed by atoms with Crippen molar-refractivity contribution in [2.45, 2.75) is 26.7 Å². The number of anilines is 2. The summed E-state index contributed by atoms with van der Waals surface area (Å²) in [6, 6.07) is 5.72. The van der Waals surface area contributed by atoms with Gasteiger partial charge in [0.15, 0.2) is 0 Å². The van der Waals surface area contributed by atoms with E-state index in [-0.39, 0.29) is 6.61 Å². The molecule has 1 rings (SSSR count). The summed E-state index contributed by atoms with van der Waals surface area (Å²) in [7, 11) is 0. The largest absolute Gasteiger partial charge is 0.491 e. The van der Waals surface area contributed by atoms with Gasteiger partial charge in [-0.25, -0.2) is 0 Å². The minimum absolute atomic E-state index is 0.232. The summed E-state index contributed by atoms with van der Waals surface area (Å²) in [6.45, 7) is 5.91. The first-order valence-corrected chi connectivity index (χ1v) is 6.54. The molecule has 0 radical (unpaired) electrons. The van der Waals surface area contributed by atoms with E-state index >= 15 is 0 Å². The molecule has 18 heavy (non-hydrogen) atoms. The first-order valence-electron chi connectivity index (χ1n) is 6.54. The fraction of sp³-hybridized carbons (Fsp3) is 0.571. The maximum Gasteiger partial charge on any atom is 0.144 e. The third kappa shape index (κ3) is 4.84. The Morgan fingerprint density at radius 1 is 1.44 bits per heavy atom. The van der Waals surface area contributed by atoms with Crippen LogP contribution in [0.1, 0.15) is 26.7 Å². The average Bonchev–Trinajstić information content (AvgIpc) is 2.36. The first kappa shape index (κ1) is 14.6.